The summed E-state index contributed by atoms with van der Waals surface area (Å²) in [7, 11) is 0. The normalized spacial score (nSPS) is 19.4. The molecule has 0 atom stereocenters. The predicted octanol–water partition coefficient (Wildman–Crippen LogP) is 2.81. The van der Waals surface area contributed by atoms with E-state index in [0.29, 0.717) is 38.3 Å². The van der Waals surface area contributed by atoms with Crippen LogP contribution in [-0.2, 0) is 15.7 Å². The van der Waals surface area contributed by atoms with E-state index in [9.17, 15) is 18.0 Å². The van der Waals surface area contributed by atoms with Gasteiger partial charge in [-0.25, -0.2) is 4.98 Å². The van der Waals surface area contributed by atoms with Crippen molar-refractivity contribution in [2.45, 2.75) is 25.4 Å². The summed E-state index contributed by atoms with van der Waals surface area (Å²) in [6.07, 6.45) is -1.53. The zero-order chi connectivity index (χ0) is 20.9. The third kappa shape index (κ3) is 6.20. The molecule has 1 aromatic heterocycles. The molecule has 0 aromatic carbocycles. The number of pyridine rings is 1. The SMILES string of the molecule is O=C(NCCCN1CCOCC1)C1CCN(c2ncc(C(F)(F)F)cc2Cl)CC1. The van der Waals surface area contributed by atoms with Gasteiger partial charge in [-0.3, -0.25) is 9.69 Å². The number of alkyl halides is 3. The molecule has 1 N–H and O–H groups in total. The molecule has 162 valence electrons. The van der Waals surface area contributed by atoms with Gasteiger partial charge in [0.1, 0.15) is 5.82 Å². The van der Waals surface area contributed by atoms with E-state index in [1.807, 2.05) is 4.90 Å². The third-order valence-corrected chi connectivity index (χ3v) is 5.65. The van der Waals surface area contributed by atoms with Crippen LogP contribution >= 0.6 is 11.6 Å². The van der Waals surface area contributed by atoms with Crippen LogP contribution in [0.3, 0.4) is 0 Å². The third-order valence-electron chi connectivity index (χ3n) is 5.37. The molecular weight excluding hydrogens is 409 g/mol. The highest BCUT2D eigenvalue weighted by molar-refractivity contribution is 6.33. The Morgan fingerprint density at radius 3 is 2.55 bits per heavy atom. The van der Waals surface area contributed by atoms with E-state index >= 15 is 0 Å². The number of morpholine rings is 1. The second-order valence-corrected chi connectivity index (χ2v) is 7.79. The number of piperidine rings is 1. The predicted molar refractivity (Wildman–Crippen MR) is 104 cm³/mol. The number of nitrogens with zero attached hydrogens (tertiary/aromatic N) is 3. The van der Waals surface area contributed by atoms with Crippen LogP contribution < -0.4 is 10.2 Å². The molecule has 2 fully saturated rings. The van der Waals surface area contributed by atoms with Gasteiger partial charge in [-0.15, -0.1) is 0 Å². The molecule has 10 heteroatoms. The summed E-state index contributed by atoms with van der Waals surface area (Å²) in [5.74, 6) is 0.282. The van der Waals surface area contributed by atoms with Gasteiger partial charge in [0.05, 0.1) is 23.8 Å². The number of ether oxygens (including phenoxy) is 1. The van der Waals surface area contributed by atoms with E-state index < -0.39 is 11.7 Å². The van der Waals surface area contributed by atoms with Crippen LogP contribution in [0.25, 0.3) is 0 Å². The van der Waals surface area contributed by atoms with Crippen LogP contribution in [0.15, 0.2) is 12.3 Å². The molecule has 0 spiro atoms. The number of nitrogens with one attached hydrogen (secondary N) is 1. The Morgan fingerprint density at radius 2 is 1.93 bits per heavy atom. The molecule has 2 saturated heterocycles. The van der Waals surface area contributed by atoms with Crippen molar-refractivity contribution in [2.24, 2.45) is 5.92 Å². The number of halogens is 4. The molecule has 0 bridgehead atoms. The fraction of sp³-hybridized carbons (Fsp3) is 0.684. The van der Waals surface area contributed by atoms with Gasteiger partial charge in [0.2, 0.25) is 5.91 Å². The second-order valence-electron chi connectivity index (χ2n) is 7.39. The molecule has 6 nitrogen and oxygen atoms in total. The largest absolute Gasteiger partial charge is 0.417 e. The first kappa shape index (κ1) is 22.1. The highest BCUT2D eigenvalue weighted by Crippen LogP contribution is 2.34. The van der Waals surface area contributed by atoms with Crippen LogP contribution in [0.5, 0.6) is 0 Å². The maximum atomic E-state index is 12.8. The van der Waals surface area contributed by atoms with Gasteiger partial charge in [-0.05, 0) is 31.9 Å². The number of anilines is 1. The molecule has 3 heterocycles. The summed E-state index contributed by atoms with van der Waals surface area (Å²) in [5.41, 5.74) is -0.863. The van der Waals surface area contributed by atoms with Gasteiger partial charge >= 0.3 is 6.18 Å². The Labute approximate surface area is 173 Å². The van der Waals surface area contributed by atoms with Crippen LogP contribution in [0.2, 0.25) is 5.02 Å². The Kier molecular flexibility index (Phi) is 7.59. The molecule has 1 amide bonds. The topological polar surface area (TPSA) is 57.7 Å². The molecule has 0 unspecified atom stereocenters. The van der Waals surface area contributed by atoms with Crippen molar-refractivity contribution in [3.8, 4) is 0 Å². The van der Waals surface area contributed by atoms with Gasteiger partial charge in [-0.1, -0.05) is 11.6 Å². The number of carbonyl (C=O) groups excluding carboxylic acids is 1. The number of rotatable bonds is 6. The van der Waals surface area contributed by atoms with Crippen LogP contribution in [0.1, 0.15) is 24.8 Å². The molecule has 29 heavy (non-hydrogen) atoms. The Hall–Kier alpha value is -1.58. The summed E-state index contributed by atoms with van der Waals surface area (Å²) in [6.45, 7) is 6.06. The highest BCUT2D eigenvalue weighted by atomic mass is 35.5. The summed E-state index contributed by atoms with van der Waals surface area (Å²) in [5, 5.41) is 2.98. The van der Waals surface area contributed by atoms with Crippen molar-refractivity contribution in [1.82, 2.24) is 15.2 Å². The minimum Gasteiger partial charge on any atom is -0.379 e. The molecule has 3 rings (SSSR count). The maximum Gasteiger partial charge on any atom is 0.417 e. The smallest absolute Gasteiger partial charge is 0.379 e. The highest BCUT2D eigenvalue weighted by Gasteiger charge is 2.33. The van der Waals surface area contributed by atoms with Crippen molar-refractivity contribution < 1.29 is 22.7 Å². The minimum atomic E-state index is -4.47. The van der Waals surface area contributed by atoms with E-state index in [1.54, 1.807) is 0 Å². The lowest BCUT2D eigenvalue weighted by molar-refractivity contribution is -0.137. The van der Waals surface area contributed by atoms with Crippen LogP contribution in [0.4, 0.5) is 19.0 Å². The van der Waals surface area contributed by atoms with Gasteiger partial charge in [0, 0.05) is 44.8 Å². The number of carbonyl (C=O) groups is 1. The molecule has 0 saturated carbocycles. The van der Waals surface area contributed by atoms with Crippen LogP contribution in [0, 0.1) is 5.92 Å². The van der Waals surface area contributed by atoms with Crippen molar-refractivity contribution in [3.63, 3.8) is 0 Å². The lowest BCUT2D eigenvalue weighted by Crippen LogP contribution is -2.42. The molecule has 2 aliphatic rings. The summed E-state index contributed by atoms with van der Waals surface area (Å²) in [6, 6.07) is 0.900. The van der Waals surface area contributed by atoms with Gasteiger partial charge in [0.25, 0.3) is 0 Å². The first-order valence-electron chi connectivity index (χ1n) is 9.90. The lowest BCUT2D eigenvalue weighted by Gasteiger charge is -2.32. The summed E-state index contributed by atoms with van der Waals surface area (Å²) >= 11 is 6.02. The zero-order valence-electron chi connectivity index (χ0n) is 16.2. The van der Waals surface area contributed by atoms with Crippen molar-refractivity contribution in [1.29, 1.82) is 0 Å². The van der Waals surface area contributed by atoms with E-state index in [0.717, 1.165) is 51.5 Å². The quantitative estimate of drug-likeness (QED) is 0.698. The minimum absolute atomic E-state index is 0.0224. The number of amides is 1. The Balaban J connectivity index is 1.41. The van der Waals surface area contributed by atoms with E-state index in [1.165, 1.54) is 0 Å². The lowest BCUT2D eigenvalue weighted by atomic mass is 9.96. The van der Waals surface area contributed by atoms with E-state index in [4.69, 9.17) is 16.3 Å². The summed E-state index contributed by atoms with van der Waals surface area (Å²) < 4.78 is 43.6. The van der Waals surface area contributed by atoms with Gasteiger partial charge in [-0.2, -0.15) is 13.2 Å². The fourth-order valence-electron chi connectivity index (χ4n) is 3.66. The molecule has 0 radical (unpaired) electrons. The molecule has 0 aliphatic carbocycles. The van der Waals surface area contributed by atoms with E-state index in [-0.39, 0.29) is 16.8 Å². The fourth-order valence-corrected chi connectivity index (χ4v) is 3.94. The first-order chi connectivity index (χ1) is 13.8. The van der Waals surface area contributed by atoms with Gasteiger partial charge < -0.3 is 15.0 Å². The van der Waals surface area contributed by atoms with E-state index in [2.05, 4.69) is 15.2 Å². The first-order valence-corrected chi connectivity index (χ1v) is 10.3. The van der Waals surface area contributed by atoms with Crippen molar-refractivity contribution in [2.75, 3.05) is 57.4 Å². The van der Waals surface area contributed by atoms with Crippen molar-refractivity contribution in [3.05, 3.63) is 22.8 Å². The average Bonchev–Trinajstić information content (AvgIpc) is 2.71. The monoisotopic (exact) mass is 434 g/mol. The van der Waals surface area contributed by atoms with Gasteiger partial charge in [0.15, 0.2) is 0 Å². The average molecular weight is 435 g/mol. The van der Waals surface area contributed by atoms with Crippen molar-refractivity contribution >= 4 is 23.3 Å². The maximum absolute atomic E-state index is 12.8. The second kappa shape index (κ2) is 9.95. The number of hydrogen-bond acceptors (Lipinski definition) is 5. The standard InChI is InChI=1S/C19H26ClF3N4O2/c20-16-12-15(19(21,22)23)13-25-17(16)27-6-2-14(3-7-27)18(28)24-4-1-5-26-8-10-29-11-9-26/h12-14H,1-11H2,(H,24,28). The zero-order valence-corrected chi connectivity index (χ0v) is 16.9. The number of aromatic nitrogens is 1. The Morgan fingerprint density at radius 1 is 1.24 bits per heavy atom. The molecule has 2 aliphatic heterocycles. The van der Waals surface area contributed by atoms with Crippen LogP contribution in [-0.4, -0.2) is 68.3 Å². The molecule has 1 aromatic rings. The Bertz CT molecular complexity index is 691. The summed E-state index contributed by atoms with van der Waals surface area (Å²) in [4.78, 5) is 20.5. The number of hydrogen-bond donors (Lipinski definition) is 1. The molecular formula is C19H26ClF3N4O2.